The highest BCUT2D eigenvalue weighted by atomic mass is 16.5. The normalized spacial score (nSPS) is 10.6. The number of carbonyl (C=O) groups is 1. The molecule has 2 rings (SSSR count). The van der Waals surface area contributed by atoms with Crippen molar-refractivity contribution in [3.8, 4) is 0 Å². The third-order valence-electron chi connectivity index (χ3n) is 2.89. The molecule has 0 unspecified atom stereocenters. The number of aromatic nitrogens is 2. The van der Waals surface area contributed by atoms with Gasteiger partial charge in [0.05, 0.1) is 26.0 Å². The minimum atomic E-state index is -0.788. The topological polar surface area (TPSA) is 64.3 Å². The van der Waals surface area contributed by atoms with Crippen molar-refractivity contribution in [1.29, 1.82) is 0 Å². The van der Waals surface area contributed by atoms with Crippen molar-refractivity contribution in [3.63, 3.8) is 0 Å². The molecule has 0 spiro atoms. The van der Waals surface area contributed by atoms with E-state index in [9.17, 15) is 4.79 Å². The van der Waals surface area contributed by atoms with Gasteiger partial charge >= 0.3 is 5.97 Å². The maximum absolute atomic E-state index is 10.5. The molecule has 0 saturated heterocycles. The highest BCUT2D eigenvalue weighted by molar-refractivity contribution is 5.67. The second kappa shape index (κ2) is 7.45. The van der Waals surface area contributed by atoms with Gasteiger partial charge in [0.2, 0.25) is 0 Å². The van der Waals surface area contributed by atoms with Gasteiger partial charge in [0.1, 0.15) is 0 Å². The number of ether oxygens (including phenoxy) is 1. The summed E-state index contributed by atoms with van der Waals surface area (Å²) in [4.78, 5) is 10.5. The molecule has 0 saturated carbocycles. The van der Waals surface area contributed by atoms with E-state index in [1.54, 1.807) is 10.9 Å². The first-order valence-electron chi connectivity index (χ1n) is 6.59. The summed E-state index contributed by atoms with van der Waals surface area (Å²) >= 11 is 0. The predicted molar refractivity (Wildman–Crippen MR) is 74.3 cm³/mol. The van der Waals surface area contributed by atoms with Crippen molar-refractivity contribution in [2.45, 2.75) is 26.0 Å². The van der Waals surface area contributed by atoms with E-state index in [1.165, 1.54) is 0 Å². The van der Waals surface area contributed by atoms with Crippen molar-refractivity contribution in [2.24, 2.45) is 0 Å². The van der Waals surface area contributed by atoms with E-state index in [-0.39, 0.29) is 6.42 Å². The molecule has 0 bridgehead atoms. The van der Waals surface area contributed by atoms with Crippen molar-refractivity contribution >= 4 is 5.97 Å². The average Bonchev–Trinajstić information content (AvgIpc) is 2.90. The Bertz CT molecular complexity index is 537. The standard InChI is InChI=1S/C15H18N2O3/c18-15(19)7-6-14-10-16-17(11-14)8-9-20-12-13-4-2-1-3-5-13/h1-5,10-11H,6-9,12H2,(H,18,19). The number of nitrogens with zero attached hydrogens (tertiary/aromatic N) is 2. The minimum absolute atomic E-state index is 0.135. The molecule has 5 heteroatoms. The van der Waals surface area contributed by atoms with E-state index in [2.05, 4.69) is 5.10 Å². The van der Waals surface area contributed by atoms with E-state index >= 15 is 0 Å². The van der Waals surface area contributed by atoms with E-state index in [0.717, 1.165) is 11.1 Å². The van der Waals surface area contributed by atoms with Gasteiger partial charge in [-0.2, -0.15) is 5.10 Å². The summed E-state index contributed by atoms with van der Waals surface area (Å²) in [7, 11) is 0. The molecule has 0 atom stereocenters. The van der Waals surface area contributed by atoms with Crippen LogP contribution in [0.3, 0.4) is 0 Å². The summed E-state index contributed by atoms with van der Waals surface area (Å²) in [5.74, 6) is -0.788. The Morgan fingerprint density at radius 2 is 2.05 bits per heavy atom. The van der Waals surface area contributed by atoms with Gasteiger partial charge in [0.25, 0.3) is 0 Å². The molecule has 0 fully saturated rings. The van der Waals surface area contributed by atoms with Gasteiger partial charge in [0, 0.05) is 12.6 Å². The van der Waals surface area contributed by atoms with Crippen molar-refractivity contribution in [1.82, 2.24) is 9.78 Å². The van der Waals surface area contributed by atoms with Gasteiger partial charge < -0.3 is 9.84 Å². The van der Waals surface area contributed by atoms with Crippen molar-refractivity contribution in [2.75, 3.05) is 6.61 Å². The zero-order chi connectivity index (χ0) is 14.2. The maximum Gasteiger partial charge on any atom is 0.303 e. The average molecular weight is 274 g/mol. The highest BCUT2D eigenvalue weighted by Gasteiger charge is 2.02. The van der Waals surface area contributed by atoms with Crippen LogP contribution in [0.25, 0.3) is 0 Å². The Hall–Kier alpha value is -2.14. The number of hydrogen-bond acceptors (Lipinski definition) is 3. The molecule has 0 amide bonds. The molecule has 2 aromatic rings. The third-order valence-corrected chi connectivity index (χ3v) is 2.89. The molecular formula is C15H18N2O3. The quantitative estimate of drug-likeness (QED) is 0.749. The Morgan fingerprint density at radius 3 is 2.80 bits per heavy atom. The Labute approximate surface area is 117 Å². The molecule has 20 heavy (non-hydrogen) atoms. The number of rotatable bonds is 8. The van der Waals surface area contributed by atoms with Crippen LogP contribution in [-0.4, -0.2) is 27.5 Å². The number of aliphatic carboxylic acids is 1. The van der Waals surface area contributed by atoms with Crippen LogP contribution in [0, 0.1) is 0 Å². The number of benzene rings is 1. The van der Waals surface area contributed by atoms with Gasteiger partial charge in [0.15, 0.2) is 0 Å². The first kappa shape index (κ1) is 14.3. The molecule has 5 nitrogen and oxygen atoms in total. The van der Waals surface area contributed by atoms with E-state index in [4.69, 9.17) is 9.84 Å². The fourth-order valence-electron chi connectivity index (χ4n) is 1.83. The lowest BCUT2D eigenvalue weighted by Gasteiger charge is -2.04. The zero-order valence-corrected chi connectivity index (χ0v) is 11.2. The molecule has 0 aliphatic rings. The molecule has 1 heterocycles. The fraction of sp³-hybridized carbons (Fsp3) is 0.333. The van der Waals surface area contributed by atoms with Crippen LogP contribution in [0.15, 0.2) is 42.7 Å². The van der Waals surface area contributed by atoms with Crippen LogP contribution in [0.2, 0.25) is 0 Å². The van der Waals surface area contributed by atoms with E-state index in [1.807, 2.05) is 36.5 Å². The lowest BCUT2D eigenvalue weighted by molar-refractivity contribution is -0.136. The first-order valence-corrected chi connectivity index (χ1v) is 6.59. The van der Waals surface area contributed by atoms with Gasteiger partial charge in [-0.3, -0.25) is 9.48 Å². The van der Waals surface area contributed by atoms with Crippen LogP contribution >= 0.6 is 0 Å². The number of aryl methyl sites for hydroxylation is 1. The third kappa shape index (κ3) is 4.85. The smallest absolute Gasteiger partial charge is 0.303 e. The van der Waals surface area contributed by atoms with Gasteiger partial charge in [-0.1, -0.05) is 30.3 Å². The largest absolute Gasteiger partial charge is 0.481 e. The number of carboxylic acids is 1. The molecule has 0 radical (unpaired) electrons. The summed E-state index contributed by atoms with van der Waals surface area (Å²) < 4.78 is 7.36. The summed E-state index contributed by atoms with van der Waals surface area (Å²) in [6.45, 7) is 1.84. The molecule has 106 valence electrons. The van der Waals surface area contributed by atoms with E-state index in [0.29, 0.717) is 26.2 Å². The molecule has 0 aliphatic heterocycles. The second-order valence-electron chi connectivity index (χ2n) is 4.54. The molecule has 0 aliphatic carbocycles. The summed E-state index contributed by atoms with van der Waals surface area (Å²) in [5.41, 5.74) is 2.09. The molecule has 1 N–H and O–H groups in total. The predicted octanol–water partition coefficient (Wildman–Crippen LogP) is 2.12. The summed E-state index contributed by atoms with van der Waals surface area (Å²) in [5, 5.41) is 12.8. The van der Waals surface area contributed by atoms with Crippen molar-refractivity contribution in [3.05, 3.63) is 53.9 Å². The van der Waals surface area contributed by atoms with Gasteiger partial charge in [-0.25, -0.2) is 0 Å². The van der Waals surface area contributed by atoms with Crippen LogP contribution in [0.4, 0.5) is 0 Å². The van der Waals surface area contributed by atoms with Gasteiger partial charge in [-0.05, 0) is 17.5 Å². The maximum atomic E-state index is 10.5. The van der Waals surface area contributed by atoms with Crippen molar-refractivity contribution < 1.29 is 14.6 Å². The summed E-state index contributed by atoms with van der Waals surface area (Å²) in [6.07, 6.45) is 4.23. The molecule has 1 aromatic heterocycles. The summed E-state index contributed by atoms with van der Waals surface area (Å²) in [6, 6.07) is 10.0. The van der Waals surface area contributed by atoms with Crippen LogP contribution in [-0.2, 0) is 29.1 Å². The highest BCUT2D eigenvalue weighted by Crippen LogP contribution is 2.03. The Morgan fingerprint density at radius 1 is 1.25 bits per heavy atom. The van der Waals surface area contributed by atoms with Gasteiger partial charge in [-0.15, -0.1) is 0 Å². The first-order chi connectivity index (χ1) is 9.74. The lowest BCUT2D eigenvalue weighted by atomic mass is 10.2. The number of hydrogen-bond donors (Lipinski definition) is 1. The lowest BCUT2D eigenvalue weighted by Crippen LogP contribution is -2.06. The molecular weight excluding hydrogens is 256 g/mol. The zero-order valence-electron chi connectivity index (χ0n) is 11.2. The Kier molecular flexibility index (Phi) is 5.32. The SMILES string of the molecule is O=C(O)CCc1cnn(CCOCc2ccccc2)c1. The van der Waals surface area contributed by atoms with Crippen LogP contribution < -0.4 is 0 Å². The van der Waals surface area contributed by atoms with Crippen LogP contribution in [0.5, 0.6) is 0 Å². The minimum Gasteiger partial charge on any atom is -0.481 e. The fourth-order valence-corrected chi connectivity index (χ4v) is 1.83. The van der Waals surface area contributed by atoms with Crippen LogP contribution in [0.1, 0.15) is 17.5 Å². The van der Waals surface area contributed by atoms with E-state index < -0.39 is 5.97 Å². The monoisotopic (exact) mass is 274 g/mol. The Balaban J connectivity index is 1.68. The molecule has 1 aromatic carbocycles. The second-order valence-corrected chi connectivity index (χ2v) is 4.54. The number of carboxylic acid groups (broad SMARTS) is 1.